The Morgan fingerprint density at radius 2 is 1.66 bits per heavy atom. The molecule has 0 fully saturated rings. The highest BCUT2D eigenvalue weighted by Crippen LogP contribution is 2.56. The Hall–Kier alpha value is -4.59. The molecule has 158 valence electrons. The maximum absolute atomic E-state index is 12.7. The third-order valence-corrected chi connectivity index (χ3v) is 5.27. The molecule has 0 saturated carbocycles. The van der Waals surface area contributed by atoms with E-state index in [0.717, 1.165) is 12.2 Å². The number of carbonyl (C=O) groups is 3. The first-order valence-corrected chi connectivity index (χ1v) is 9.56. The molecule has 3 N–H and O–H groups in total. The summed E-state index contributed by atoms with van der Waals surface area (Å²) in [5.74, 6) is -1.39. The molecule has 1 atom stereocenters. The van der Waals surface area contributed by atoms with Crippen LogP contribution in [0.15, 0.2) is 72.8 Å². The highest BCUT2D eigenvalue weighted by molar-refractivity contribution is 5.97. The quantitative estimate of drug-likeness (QED) is 0.373. The number of nitrogens with two attached hydrogens (primary N) is 1. The maximum Gasteiger partial charge on any atom is 0.340 e. The van der Waals surface area contributed by atoms with Crippen LogP contribution in [0.2, 0.25) is 0 Å². The van der Waals surface area contributed by atoms with Gasteiger partial charge in [0.25, 0.3) is 0 Å². The molecule has 32 heavy (non-hydrogen) atoms. The van der Waals surface area contributed by atoms with Crippen LogP contribution in [-0.4, -0.2) is 23.0 Å². The number of phenols is 1. The number of primary amides is 1. The van der Waals surface area contributed by atoms with E-state index in [9.17, 15) is 19.5 Å². The van der Waals surface area contributed by atoms with Gasteiger partial charge in [-0.05, 0) is 30.3 Å². The number of ether oxygens (including phenoxy) is 3. The van der Waals surface area contributed by atoms with E-state index in [1.165, 1.54) is 24.3 Å². The fraction of sp³-hybridized carbons (Fsp3) is 0.0417. The van der Waals surface area contributed by atoms with Gasteiger partial charge in [-0.2, -0.15) is 0 Å². The van der Waals surface area contributed by atoms with Crippen molar-refractivity contribution in [2.75, 3.05) is 0 Å². The van der Waals surface area contributed by atoms with Gasteiger partial charge in [0.05, 0.1) is 5.56 Å². The summed E-state index contributed by atoms with van der Waals surface area (Å²) in [7, 11) is 0. The number of benzene rings is 3. The molecule has 3 aromatic rings. The van der Waals surface area contributed by atoms with Gasteiger partial charge in [0, 0.05) is 41.0 Å². The Balaban J connectivity index is 1.66. The molecule has 0 bridgehead atoms. The minimum absolute atomic E-state index is 0.0286. The van der Waals surface area contributed by atoms with Crippen LogP contribution in [-0.2, 0) is 19.9 Å². The molecule has 0 aromatic heterocycles. The second-order valence-corrected chi connectivity index (χ2v) is 7.21. The first-order chi connectivity index (χ1) is 15.4. The van der Waals surface area contributed by atoms with E-state index in [-0.39, 0.29) is 17.2 Å². The Kier molecular flexibility index (Phi) is 4.23. The van der Waals surface area contributed by atoms with Gasteiger partial charge in [0.1, 0.15) is 23.0 Å². The second kappa shape index (κ2) is 6.98. The lowest BCUT2D eigenvalue weighted by Crippen LogP contribution is -2.33. The molecule has 2 aliphatic heterocycles. The molecule has 1 spiro atoms. The summed E-state index contributed by atoms with van der Waals surface area (Å²) in [5, 5.41) is 9.99. The summed E-state index contributed by atoms with van der Waals surface area (Å²) in [6.45, 7) is 0. The number of esters is 2. The molecule has 1 amide bonds. The lowest BCUT2D eigenvalue weighted by Gasteiger charge is -2.36. The van der Waals surface area contributed by atoms with Gasteiger partial charge in [0.15, 0.2) is 5.60 Å². The minimum Gasteiger partial charge on any atom is -0.508 e. The zero-order valence-electron chi connectivity index (χ0n) is 16.4. The summed E-state index contributed by atoms with van der Waals surface area (Å²) < 4.78 is 17.2. The van der Waals surface area contributed by atoms with E-state index in [1.807, 2.05) is 0 Å². The van der Waals surface area contributed by atoms with Crippen LogP contribution in [0.25, 0.3) is 0 Å². The third kappa shape index (κ3) is 2.89. The van der Waals surface area contributed by atoms with Crippen molar-refractivity contribution >= 4 is 17.8 Å². The molecule has 0 radical (unpaired) electrons. The van der Waals surface area contributed by atoms with Crippen molar-refractivity contribution in [3.05, 3.63) is 95.1 Å². The topological polar surface area (TPSA) is 125 Å². The first-order valence-electron chi connectivity index (χ1n) is 9.56. The van der Waals surface area contributed by atoms with E-state index < -0.39 is 23.4 Å². The smallest absolute Gasteiger partial charge is 0.340 e. The van der Waals surface area contributed by atoms with Crippen LogP contribution in [0, 0.1) is 0 Å². The summed E-state index contributed by atoms with van der Waals surface area (Å²) in [4.78, 5) is 35.5. The molecule has 2 aliphatic rings. The largest absolute Gasteiger partial charge is 0.508 e. The minimum atomic E-state index is -1.29. The number of rotatable bonds is 3. The van der Waals surface area contributed by atoms with Crippen LogP contribution >= 0.6 is 0 Å². The summed E-state index contributed by atoms with van der Waals surface area (Å²) >= 11 is 0. The van der Waals surface area contributed by atoms with Crippen LogP contribution in [0.1, 0.15) is 27.0 Å². The molecular weight excluding hydrogens is 414 g/mol. The predicted octanol–water partition coefficient (Wildman–Crippen LogP) is 2.91. The monoisotopic (exact) mass is 429 g/mol. The van der Waals surface area contributed by atoms with E-state index in [2.05, 4.69) is 0 Å². The van der Waals surface area contributed by atoms with Gasteiger partial charge < -0.3 is 25.1 Å². The van der Waals surface area contributed by atoms with E-state index in [4.69, 9.17) is 19.9 Å². The van der Waals surface area contributed by atoms with Crippen LogP contribution in [0.5, 0.6) is 23.0 Å². The first kappa shape index (κ1) is 19.4. The number of carbonyl (C=O) groups excluding carboxylic acids is 3. The molecule has 8 nitrogen and oxygen atoms in total. The SMILES string of the molecule is NC(=O)/C=C\C(=O)Oc1ccc2c(c1)Oc1cc(O)ccc1C21OC(=O)c2ccccc21. The standard InChI is InChI=1S/C24H15NO7/c25-21(27)9-10-22(28)30-14-6-8-18-20(12-14)31-19-11-13(26)5-7-17(19)24(18)16-4-2-1-3-15(16)23(29)32-24/h1-12,26H,(H2,25,27)/b10-9-. The van der Waals surface area contributed by atoms with Crippen LogP contribution < -0.4 is 15.2 Å². The zero-order chi connectivity index (χ0) is 22.5. The van der Waals surface area contributed by atoms with Gasteiger partial charge in [-0.25, -0.2) is 9.59 Å². The number of phenolic OH excluding ortho intramolecular Hbond substituents is 1. The van der Waals surface area contributed by atoms with Crippen LogP contribution in [0.4, 0.5) is 0 Å². The molecule has 8 heteroatoms. The molecule has 0 saturated heterocycles. The van der Waals surface area contributed by atoms with Crippen molar-refractivity contribution in [3.8, 4) is 23.0 Å². The highest BCUT2D eigenvalue weighted by Gasteiger charge is 2.53. The maximum atomic E-state index is 12.7. The fourth-order valence-corrected chi connectivity index (χ4v) is 4.01. The number of amides is 1. The predicted molar refractivity (Wildman–Crippen MR) is 110 cm³/mol. The average molecular weight is 429 g/mol. The van der Waals surface area contributed by atoms with Gasteiger partial charge in [-0.3, -0.25) is 4.79 Å². The molecule has 2 heterocycles. The number of fused-ring (bicyclic) bond motifs is 6. The van der Waals surface area contributed by atoms with E-state index >= 15 is 0 Å². The highest BCUT2D eigenvalue weighted by atomic mass is 16.6. The van der Waals surface area contributed by atoms with E-state index in [1.54, 1.807) is 36.4 Å². The summed E-state index contributed by atoms with van der Waals surface area (Å²) in [5.41, 5.74) is 5.83. The third-order valence-electron chi connectivity index (χ3n) is 5.27. The van der Waals surface area contributed by atoms with Crippen molar-refractivity contribution in [3.63, 3.8) is 0 Å². The van der Waals surface area contributed by atoms with Crippen molar-refractivity contribution in [1.82, 2.24) is 0 Å². The second-order valence-electron chi connectivity index (χ2n) is 7.21. The average Bonchev–Trinajstić information content (AvgIpc) is 3.05. The summed E-state index contributed by atoms with van der Waals surface area (Å²) in [6, 6.07) is 16.2. The summed E-state index contributed by atoms with van der Waals surface area (Å²) in [6.07, 6.45) is 1.80. The Bertz CT molecular complexity index is 1340. The molecular formula is C24H15NO7. The van der Waals surface area contributed by atoms with E-state index in [0.29, 0.717) is 28.0 Å². The lowest BCUT2D eigenvalue weighted by atomic mass is 9.77. The fourth-order valence-electron chi connectivity index (χ4n) is 4.01. The molecule has 1 unspecified atom stereocenters. The lowest BCUT2D eigenvalue weighted by molar-refractivity contribution is -0.129. The number of hydrogen-bond acceptors (Lipinski definition) is 7. The Morgan fingerprint density at radius 3 is 2.44 bits per heavy atom. The van der Waals surface area contributed by atoms with Gasteiger partial charge >= 0.3 is 11.9 Å². The molecule has 3 aromatic carbocycles. The zero-order valence-corrected chi connectivity index (χ0v) is 16.4. The molecule has 5 rings (SSSR count). The Morgan fingerprint density at radius 1 is 0.938 bits per heavy atom. The van der Waals surface area contributed by atoms with Crippen molar-refractivity contribution < 1.29 is 33.7 Å². The van der Waals surface area contributed by atoms with Gasteiger partial charge in [-0.15, -0.1) is 0 Å². The van der Waals surface area contributed by atoms with Crippen molar-refractivity contribution in [2.24, 2.45) is 5.73 Å². The van der Waals surface area contributed by atoms with Gasteiger partial charge in [-0.1, -0.05) is 18.2 Å². The van der Waals surface area contributed by atoms with Crippen molar-refractivity contribution in [2.45, 2.75) is 5.60 Å². The normalized spacial score (nSPS) is 17.8. The number of hydrogen-bond donors (Lipinski definition) is 2. The van der Waals surface area contributed by atoms with Gasteiger partial charge in [0.2, 0.25) is 5.91 Å². The Labute approximate surface area is 181 Å². The number of aromatic hydroxyl groups is 1. The van der Waals surface area contributed by atoms with Crippen LogP contribution in [0.3, 0.4) is 0 Å². The van der Waals surface area contributed by atoms with Crippen molar-refractivity contribution in [1.29, 1.82) is 0 Å². The molecule has 0 aliphatic carbocycles.